The molecule has 2 atom stereocenters. The first-order valence-corrected chi connectivity index (χ1v) is 14.4. The Balaban J connectivity index is 1.33. The molecule has 4 heterocycles. The van der Waals surface area contributed by atoms with E-state index in [4.69, 9.17) is 26.0 Å². The van der Waals surface area contributed by atoms with Gasteiger partial charge in [-0.25, -0.2) is 11.0 Å². The Labute approximate surface area is 244 Å². The molecule has 3 aromatic rings. The molecule has 42 heavy (non-hydrogen) atoms. The molecule has 1 amide bonds. The van der Waals surface area contributed by atoms with Crippen molar-refractivity contribution in [3.8, 4) is 6.01 Å². The summed E-state index contributed by atoms with van der Waals surface area (Å²) in [6.45, 7) is 16.2. The minimum Gasteiger partial charge on any atom is -0.458 e. The third-order valence-corrected chi connectivity index (χ3v) is 8.02. The molecule has 3 aliphatic rings. The highest BCUT2D eigenvalue weighted by Gasteiger charge is 2.35. The summed E-state index contributed by atoms with van der Waals surface area (Å²) in [5.41, 5.74) is 2.52. The Bertz CT molecular complexity index is 1530. The summed E-state index contributed by atoms with van der Waals surface area (Å²) in [5.74, 6) is 0.298. The SMILES string of the molecule is [C-]#[N+]C[C@H]1CN(c2nc(O[C@H](C)COC3CC3)nc3c2CCN(c2cncc4cccc(F)c24)C3)CCN1C(=O)C=C. The van der Waals surface area contributed by atoms with Crippen LogP contribution in [0.4, 0.5) is 15.9 Å². The van der Waals surface area contributed by atoms with Crippen LogP contribution < -0.4 is 14.5 Å². The molecule has 6 rings (SSSR count). The van der Waals surface area contributed by atoms with Gasteiger partial charge < -0.3 is 29.0 Å². The lowest BCUT2D eigenvalue weighted by molar-refractivity contribution is -0.128. The van der Waals surface area contributed by atoms with E-state index in [1.165, 1.54) is 12.1 Å². The van der Waals surface area contributed by atoms with Crippen molar-refractivity contribution in [3.63, 3.8) is 0 Å². The minimum atomic E-state index is -0.287. The molecule has 0 radical (unpaired) electrons. The smallest absolute Gasteiger partial charge is 0.319 e. The number of pyridine rings is 1. The van der Waals surface area contributed by atoms with Gasteiger partial charge in [-0.05, 0) is 38.3 Å². The maximum atomic E-state index is 15.0. The highest BCUT2D eigenvalue weighted by molar-refractivity contribution is 5.94. The van der Waals surface area contributed by atoms with Gasteiger partial charge in [0, 0.05) is 48.7 Å². The van der Waals surface area contributed by atoms with Crippen molar-refractivity contribution in [2.45, 2.75) is 51.0 Å². The molecule has 0 spiro atoms. The largest absolute Gasteiger partial charge is 0.458 e. The quantitative estimate of drug-likeness (QED) is 0.283. The van der Waals surface area contributed by atoms with E-state index in [0.717, 1.165) is 41.0 Å². The van der Waals surface area contributed by atoms with Crippen molar-refractivity contribution in [1.82, 2.24) is 19.9 Å². The first-order chi connectivity index (χ1) is 20.4. The van der Waals surface area contributed by atoms with Gasteiger partial charge in [0.25, 0.3) is 0 Å². The monoisotopic (exact) mass is 571 g/mol. The third kappa shape index (κ3) is 5.72. The van der Waals surface area contributed by atoms with E-state index in [2.05, 4.69) is 26.2 Å². The number of benzene rings is 1. The number of amides is 1. The second-order valence-corrected chi connectivity index (χ2v) is 11.1. The Kier molecular flexibility index (Phi) is 7.89. The van der Waals surface area contributed by atoms with Crippen LogP contribution in [0.2, 0.25) is 0 Å². The van der Waals surface area contributed by atoms with E-state index in [1.807, 2.05) is 13.0 Å². The number of nitrogens with zero attached hydrogens (tertiary/aromatic N) is 7. The highest BCUT2D eigenvalue weighted by Crippen LogP contribution is 2.35. The molecule has 0 unspecified atom stereocenters. The zero-order chi connectivity index (χ0) is 29.2. The fraction of sp³-hybridized carbons (Fsp3) is 0.452. The summed E-state index contributed by atoms with van der Waals surface area (Å²) in [5, 5.41) is 1.28. The van der Waals surface area contributed by atoms with Gasteiger partial charge >= 0.3 is 6.01 Å². The van der Waals surface area contributed by atoms with Gasteiger partial charge in [0.1, 0.15) is 23.8 Å². The lowest BCUT2D eigenvalue weighted by atomic mass is 10.0. The summed E-state index contributed by atoms with van der Waals surface area (Å²) in [4.78, 5) is 36.1. The Morgan fingerprint density at radius 2 is 2.10 bits per heavy atom. The van der Waals surface area contributed by atoms with Gasteiger partial charge in [-0.15, -0.1) is 0 Å². The van der Waals surface area contributed by atoms with Crippen LogP contribution in [-0.4, -0.2) is 83.3 Å². The molecule has 1 saturated carbocycles. The van der Waals surface area contributed by atoms with Crippen molar-refractivity contribution in [2.75, 3.05) is 49.1 Å². The summed E-state index contributed by atoms with van der Waals surface area (Å²) in [6.07, 6.45) is 7.55. The van der Waals surface area contributed by atoms with Crippen LogP contribution in [0.5, 0.6) is 6.01 Å². The maximum absolute atomic E-state index is 15.0. The van der Waals surface area contributed by atoms with Crippen LogP contribution in [-0.2, 0) is 22.5 Å². The third-order valence-electron chi connectivity index (χ3n) is 8.02. The average Bonchev–Trinajstić information content (AvgIpc) is 3.84. The Morgan fingerprint density at radius 1 is 1.24 bits per heavy atom. The first-order valence-electron chi connectivity index (χ1n) is 14.4. The lowest BCUT2D eigenvalue weighted by Gasteiger charge is -2.41. The fourth-order valence-corrected chi connectivity index (χ4v) is 5.76. The van der Waals surface area contributed by atoms with Crippen molar-refractivity contribution in [3.05, 3.63) is 71.7 Å². The van der Waals surface area contributed by atoms with Crippen LogP contribution in [0.1, 0.15) is 31.0 Å². The second-order valence-electron chi connectivity index (χ2n) is 11.1. The maximum Gasteiger partial charge on any atom is 0.319 e. The number of carbonyl (C=O) groups is 1. The predicted octanol–water partition coefficient (Wildman–Crippen LogP) is 3.80. The molecule has 218 valence electrons. The molecule has 1 aliphatic carbocycles. The summed E-state index contributed by atoms with van der Waals surface area (Å²) >= 11 is 0. The van der Waals surface area contributed by atoms with E-state index in [-0.39, 0.29) is 36.4 Å². The van der Waals surface area contributed by atoms with Crippen molar-refractivity contribution < 1.29 is 18.7 Å². The second kappa shape index (κ2) is 11.9. The van der Waals surface area contributed by atoms with E-state index in [1.54, 1.807) is 23.4 Å². The van der Waals surface area contributed by atoms with Crippen LogP contribution in [0.25, 0.3) is 15.6 Å². The number of piperazine rings is 1. The predicted molar refractivity (Wildman–Crippen MR) is 157 cm³/mol. The number of hydrogen-bond donors (Lipinski definition) is 0. The van der Waals surface area contributed by atoms with Gasteiger partial charge in [0.15, 0.2) is 0 Å². The molecule has 11 heteroatoms. The van der Waals surface area contributed by atoms with Gasteiger partial charge in [0.05, 0.1) is 36.8 Å². The number of ether oxygens (including phenoxy) is 2. The molecule has 0 N–H and O–H groups in total. The minimum absolute atomic E-state index is 0.173. The number of carbonyl (C=O) groups excluding carboxylic acids is 1. The Morgan fingerprint density at radius 3 is 2.88 bits per heavy atom. The molecule has 2 aliphatic heterocycles. The molecular weight excluding hydrogens is 537 g/mol. The average molecular weight is 572 g/mol. The molecule has 10 nitrogen and oxygen atoms in total. The molecule has 2 fully saturated rings. The number of fused-ring (bicyclic) bond motifs is 2. The first kappa shape index (κ1) is 27.8. The van der Waals surface area contributed by atoms with Crippen LogP contribution in [0, 0.1) is 12.4 Å². The van der Waals surface area contributed by atoms with Crippen molar-refractivity contribution >= 4 is 28.2 Å². The molecule has 0 bridgehead atoms. The van der Waals surface area contributed by atoms with Crippen molar-refractivity contribution in [1.29, 1.82) is 0 Å². The van der Waals surface area contributed by atoms with E-state index in [9.17, 15) is 9.18 Å². The molecule has 1 aromatic carbocycles. The molecule has 1 saturated heterocycles. The molecular formula is C31H34FN7O3. The number of aromatic nitrogens is 3. The van der Waals surface area contributed by atoms with Gasteiger partial charge in [-0.1, -0.05) is 18.7 Å². The number of anilines is 2. The van der Waals surface area contributed by atoms with Crippen LogP contribution in [0.15, 0.2) is 43.2 Å². The topological polar surface area (TPSA) is 88.3 Å². The van der Waals surface area contributed by atoms with E-state index >= 15 is 0 Å². The zero-order valence-corrected chi connectivity index (χ0v) is 23.7. The standard InChI is InChI=1S/C31H34FN7O3/c1-4-28(40)39-13-12-38(17-22(39)15-33-3)30-24-10-11-37(27-16-34-14-21-6-5-7-25(32)29(21)27)18-26(24)35-31(36-30)42-20(2)19-41-23-8-9-23/h4-7,14,16,20,22-23H,1,8-13,15,17-19H2,2H3/t20-,22+/m1/s1. The van der Waals surface area contributed by atoms with Crippen LogP contribution in [0.3, 0.4) is 0 Å². The summed E-state index contributed by atoms with van der Waals surface area (Å²) in [6, 6.07) is 4.99. The Hall–Kier alpha value is -4.30. The number of rotatable bonds is 9. The lowest BCUT2D eigenvalue weighted by Crippen LogP contribution is -2.56. The highest BCUT2D eigenvalue weighted by atomic mass is 19.1. The summed E-state index contributed by atoms with van der Waals surface area (Å²) < 4.78 is 27.0. The van der Waals surface area contributed by atoms with Crippen molar-refractivity contribution in [2.24, 2.45) is 0 Å². The van der Waals surface area contributed by atoms with Gasteiger partial charge in [-0.2, -0.15) is 9.97 Å². The van der Waals surface area contributed by atoms with Gasteiger partial charge in [0.2, 0.25) is 12.5 Å². The van der Waals surface area contributed by atoms with E-state index < -0.39 is 0 Å². The number of hydrogen-bond acceptors (Lipinski definition) is 8. The fourth-order valence-electron chi connectivity index (χ4n) is 5.76. The van der Waals surface area contributed by atoms with Crippen LogP contribution >= 0.6 is 0 Å². The number of halogens is 1. The zero-order valence-electron chi connectivity index (χ0n) is 23.7. The normalized spacial score (nSPS) is 19.3. The molecule has 2 aromatic heterocycles. The summed E-state index contributed by atoms with van der Waals surface area (Å²) in [7, 11) is 0. The van der Waals surface area contributed by atoms with Gasteiger partial charge in [-0.3, -0.25) is 9.78 Å². The van der Waals surface area contributed by atoms with E-state index in [0.29, 0.717) is 57.2 Å².